The summed E-state index contributed by atoms with van der Waals surface area (Å²) in [7, 11) is 0. The lowest BCUT2D eigenvalue weighted by molar-refractivity contribution is -0.126. The van der Waals surface area contributed by atoms with Gasteiger partial charge in [-0.15, -0.1) is 10.2 Å². The number of rotatable bonds is 4. The van der Waals surface area contributed by atoms with Crippen molar-refractivity contribution >= 4 is 5.91 Å². The third-order valence-electron chi connectivity index (χ3n) is 4.13. The number of hydrogen-bond donors (Lipinski definition) is 2. The number of fused-ring (bicyclic) bond motifs is 1. The molecule has 1 aliphatic heterocycles. The maximum atomic E-state index is 12.1. The van der Waals surface area contributed by atoms with Crippen LogP contribution in [0.1, 0.15) is 64.1 Å². The van der Waals surface area contributed by atoms with Crippen LogP contribution in [-0.2, 0) is 17.8 Å². The first-order valence-corrected chi connectivity index (χ1v) is 7.47. The molecule has 6 nitrogen and oxygen atoms in total. The van der Waals surface area contributed by atoms with Gasteiger partial charge in [-0.25, -0.2) is 0 Å². The SMILES string of the molecule is CCC(C)(N)C(=O)NC(C)c1nnc2n1CCCCC2. The van der Waals surface area contributed by atoms with E-state index >= 15 is 0 Å². The molecule has 0 fully saturated rings. The highest BCUT2D eigenvalue weighted by Gasteiger charge is 2.29. The molecule has 0 radical (unpaired) electrons. The molecule has 1 amide bonds. The summed E-state index contributed by atoms with van der Waals surface area (Å²) < 4.78 is 2.15. The first-order chi connectivity index (χ1) is 9.45. The molecule has 0 saturated carbocycles. The van der Waals surface area contributed by atoms with Crippen LogP contribution in [0.15, 0.2) is 0 Å². The first-order valence-electron chi connectivity index (χ1n) is 7.47. The normalized spacial score (nSPS) is 19.6. The Morgan fingerprint density at radius 1 is 1.45 bits per heavy atom. The van der Waals surface area contributed by atoms with Crippen LogP contribution < -0.4 is 11.1 Å². The predicted octanol–water partition coefficient (Wildman–Crippen LogP) is 1.31. The highest BCUT2D eigenvalue weighted by atomic mass is 16.2. The van der Waals surface area contributed by atoms with Gasteiger partial charge in [0.2, 0.25) is 5.91 Å². The van der Waals surface area contributed by atoms with Gasteiger partial charge in [0.1, 0.15) is 5.82 Å². The third-order valence-corrected chi connectivity index (χ3v) is 4.13. The van der Waals surface area contributed by atoms with Gasteiger partial charge in [-0.2, -0.15) is 0 Å². The van der Waals surface area contributed by atoms with Gasteiger partial charge >= 0.3 is 0 Å². The minimum Gasteiger partial charge on any atom is -0.345 e. The highest BCUT2D eigenvalue weighted by Crippen LogP contribution is 2.19. The number of nitrogens with one attached hydrogen (secondary N) is 1. The van der Waals surface area contributed by atoms with Gasteiger partial charge in [-0.3, -0.25) is 4.79 Å². The van der Waals surface area contributed by atoms with Crippen LogP contribution in [0, 0.1) is 0 Å². The minimum absolute atomic E-state index is 0.140. The standard InChI is InChI=1S/C14H25N5O/c1-4-14(3,15)13(20)16-10(2)12-18-17-11-8-6-5-7-9-19(11)12/h10H,4-9,15H2,1-3H3,(H,16,20). The van der Waals surface area contributed by atoms with Gasteiger partial charge in [-0.1, -0.05) is 13.3 Å². The van der Waals surface area contributed by atoms with Crippen LogP contribution in [0.3, 0.4) is 0 Å². The minimum atomic E-state index is -0.837. The van der Waals surface area contributed by atoms with E-state index in [1.165, 1.54) is 6.42 Å². The molecule has 0 saturated heterocycles. The lowest BCUT2D eigenvalue weighted by Gasteiger charge is -2.24. The second-order valence-electron chi connectivity index (χ2n) is 5.90. The molecule has 0 spiro atoms. The van der Waals surface area contributed by atoms with E-state index in [0.29, 0.717) is 6.42 Å². The maximum Gasteiger partial charge on any atom is 0.240 e. The van der Waals surface area contributed by atoms with Gasteiger partial charge in [-0.05, 0) is 33.1 Å². The Labute approximate surface area is 120 Å². The fraction of sp³-hybridized carbons (Fsp3) is 0.786. The average molecular weight is 279 g/mol. The zero-order valence-corrected chi connectivity index (χ0v) is 12.6. The molecule has 0 aliphatic carbocycles. The smallest absolute Gasteiger partial charge is 0.240 e. The van der Waals surface area contributed by atoms with Crippen LogP contribution >= 0.6 is 0 Å². The third kappa shape index (κ3) is 3.00. The van der Waals surface area contributed by atoms with E-state index < -0.39 is 5.54 Å². The van der Waals surface area contributed by atoms with Gasteiger partial charge in [0.15, 0.2) is 5.82 Å². The molecular formula is C14H25N5O. The first kappa shape index (κ1) is 15.0. The molecule has 2 rings (SSSR count). The van der Waals surface area contributed by atoms with E-state index in [0.717, 1.165) is 37.5 Å². The molecule has 2 heterocycles. The van der Waals surface area contributed by atoms with Crippen LogP contribution in [0.2, 0.25) is 0 Å². The zero-order valence-electron chi connectivity index (χ0n) is 12.6. The van der Waals surface area contributed by atoms with Crippen molar-refractivity contribution in [3.8, 4) is 0 Å². The van der Waals surface area contributed by atoms with Crippen molar-refractivity contribution in [1.29, 1.82) is 0 Å². The summed E-state index contributed by atoms with van der Waals surface area (Å²) >= 11 is 0. The molecule has 2 atom stereocenters. The van der Waals surface area contributed by atoms with Crippen molar-refractivity contribution in [1.82, 2.24) is 20.1 Å². The largest absolute Gasteiger partial charge is 0.345 e. The summed E-state index contributed by atoms with van der Waals surface area (Å²) in [5, 5.41) is 11.5. The second kappa shape index (κ2) is 5.91. The van der Waals surface area contributed by atoms with Crippen LogP contribution in [0.25, 0.3) is 0 Å². The fourth-order valence-corrected chi connectivity index (χ4v) is 2.41. The summed E-state index contributed by atoms with van der Waals surface area (Å²) in [6, 6.07) is -0.170. The van der Waals surface area contributed by atoms with Crippen molar-refractivity contribution in [2.45, 2.75) is 71.0 Å². The van der Waals surface area contributed by atoms with E-state index in [-0.39, 0.29) is 11.9 Å². The van der Waals surface area contributed by atoms with Crippen molar-refractivity contribution in [2.75, 3.05) is 0 Å². The van der Waals surface area contributed by atoms with E-state index in [4.69, 9.17) is 5.73 Å². The van der Waals surface area contributed by atoms with Crippen molar-refractivity contribution in [2.24, 2.45) is 5.73 Å². The van der Waals surface area contributed by atoms with Crippen LogP contribution in [0.4, 0.5) is 0 Å². The van der Waals surface area contributed by atoms with Gasteiger partial charge in [0.25, 0.3) is 0 Å². The number of aromatic nitrogens is 3. The van der Waals surface area contributed by atoms with E-state index in [2.05, 4.69) is 20.1 Å². The molecule has 20 heavy (non-hydrogen) atoms. The Hall–Kier alpha value is -1.43. The summed E-state index contributed by atoms with van der Waals surface area (Å²) in [6.07, 6.45) is 5.10. The number of hydrogen-bond acceptors (Lipinski definition) is 4. The fourth-order valence-electron chi connectivity index (χ4n) is 2.41. The van der Waals surface area contributed by atoms with Crippen molar-refractivity contribution < 1.29 is 4.79 Å². The lowest BCUT2D eigenvalue weighted by atomic mass is 9.99. The van der Waals surface area contributed by atoms with Crippen LogP contribution in [0.5, 0.6) is 0 Å². The predicted molar refractivity (Wildman–Crippen MR) is 77.0 cm³/mol. The molecule has 1 aliphatic rings. The number of nitrogens with zero attached hydrogens (tertiary/aromatic N) is 3. The number of aryl methyl sites for hydroxylation is 1. The van der Waals surface area contributed by atoms with E-state index in [1.807, 2.05) is 13.8 Å². The van der Waals surface area contributed by atoms with Gasteiger partial charge < -0.3 is 15.6 Å². The molecule has 112 valence electrons. The number of carbonyl (C=O) groups excluding carboxylic acids is 1. The summed E-state index contributed by atoms with van der Waals surface area (Å²) in [6.45, 7) is 6.53. The quantitative estimate of drug-likeness (QED) is 0.870. The van der Waals surface area contributed by atoms with E-state index in [1.54, 1.807) is 6.92 Å². The summed E-state index contributed by atoms with van der Waals surface area (Å²) in [5.41, 5.74) is 5.13. The Bertz CT molecular complexity index is 480. The Morgan fingerprint density at radius 3 is 2.90 bits per heavy atom. The second-order valence-corrected chi connectivity index (χ2v) is 5.90. The Balaban J connectivity index is 2.12. The zero-order chi connectivity index (χ0) is 14.8. The lowest BCUT2D eigenvalue weighted by Crippen LogP contribution is -2.51. The van der Waals surface area contributed by atoms with E-state index in [9.17, 15) is 4.79 Å². The molecule has 2 unspecified atom stereocenters. The topological polar surface area (TPSA) is 85.8 Å². The molecule has 0 bridgehead atoms. The molecular weight excluding hydrogens is 254 g/mol. The van der Waals surface area contributed by atoms with Crippen LogP contribution in [-0.4, -0.2) is 26.2 Å². The highest BCUT2D eigenvalue weighted by molar-refractivity contribution is 5.85. The number of nitrogens with two attached hydrogens (primary N) is 1. The number of carbonyl (C=O) groups is 1. The monoisotopic (exact) mass is 279 g/mol. The molecule has 0 aromatic carbocycles. The summed E-state index contributed by atoms with van der Waals surface area (Å²) in [4.78, 5) is 12.1. The Kier molecular flexibility index (Phi) is 4.42. The molecule has 1 aromatic heterocycles. The average Bonchev–Trinajstić information content (AvgIpc) is 2.68. The van der Waals surface area contributed by atoms with Gasteiger partial charge in [0.05, 0.1) is 11.6 Å². The molecule has 1 aromatic rings. The number of amides is 1. The summed E-state index contributed by atoms with van der Waals surface area (Å²) in [5.74, 6) is 1.73. The van der Waals surface area contributed by atoms with Crippen molar-refractivity contribution in [3.63, 3.8) is 0 Å². The maximum absolute atomic E-state index is 12.1. The van der Waals surface area contributed by atoms with Crippen molar-refractivity contribution in [3.05, 3.63) is 11.6 Å². The van der Waals surface area contributed by atoms with Gasteiger partial charge in [0, 0.05) is 13.0 Å². The Morgan fingerprint density at radius 2 is 2.20 bits per heavy atom. The molecule has 3 N–H and O–H groups in total. The molecule has 6 heteroatoms.